The van der Waals surface area contributed by atoms with Crippen molar-refractivity contribution in [3.8, 4) is 17.0 Å². The molecule has 0 amide bonds. The third kappa shape index (κ3) is 3.31. The molecular weight excluding hydrogens is 428 g/mol. The summed E-state index contributed by atoms with van der Waals surface area (Å²) >= 11 is 0. The number of likely N-dealkylation sites (tertiary alicyclic amines) is 1. The van der Waals surface area contributed by atoms with Gasteiger partial charge in [0.1, 0.15) is 5.75 Å². The highest BCUT2D eigenvalue weighted by atomic mass is 16.5. The quantitative estimate of drug-likeness (QED) is 0.441. The van der Waals surface area contributed by atoms with E-state index < -0.39 is 0 Å². The molecule has 6 rings (SSSR count). The minimum absolute atomic E-state index is 0.270. The topological polar surface area (TPSA) is 96.8 Å². The normalized spacial score (nSPS) is 17.3. The number of methoxy groups -OCH3 is 1. The number of fused-ring (bicyclic) bond motifs is 1. The minimum Gasteiger partial charge on any atom is -0.495 e. The smallest absolute Gasteiger partial charge is 0.227 e. The van der Waals surface area contributed by atoms with Crippen molar-refractivity contribution in [3.63, 3.8) is 0 Å². The average molecular weight is 457 g/mol. The second-order valence-corrected chi connectivity index (χ2v) is 9.20. The van der Waals surface area contributed by atoms with Gasteiger partial charge in [-0.05, 0) is 50.7 Å². The molecular formula is C25H28N8O. The predicted octanol–water partition coefficient (Wildman–Crippen LogP) is 3.41. The van der Waals surface area contributed by atoms with Crippen LogP contribution in [0.2, 0.25) is 0 Å². The molecule has 4 aromatic rings. The van der Waals surface area contributed by atoms with Gasteiger partial charge >= 0.3 is 0 Å². The summed E-state index contributed by atoms with van der Waals surface area (Å²) in [5.41, 5.74) is 11.8. The molecule has 0 radical (unpaired) electrons. The van der Waals surface area contributed by atoms with Gasteiger partial charge in [0.2, 0.25) is 5.95 Å². The van der Waals surface area contributed by atoms with E-state index in [1.54, 1.807) is 13.3 Å². The van der Waals surface area contributed by atoms with Crippen molar-refractivity contribution >= 4 is 28.5 Å². The van der Waals surface area contributed by atoms with Crippen LogP contribution in [0.3, 0.4) is 0 Å². The number of pyridine rings is 1. The molecule has 34 heavy (non-hydrogen) atoms. The lowest BCUT2D eigenvalue weighted by molar-refractivity contribution is 0.133. The highest BCUT2D eigenvalue weighted by molar-refractivity contribution is 5.82. The zero-order valence-corrected chi connectivity index (χ0v) is 19.4. The van der Waals surface area contributed by atoms with Crippen LogP contribution in [0.15, 0.2) is 55.0 Å². The Labute approximate surface area is 198 Å². The Morgan fingerprint density at radius 2 is 2.06 bits per heavy atom. The molecule has 0 bridgehead atoms. The molecule has 2 saturated heterocycles. The molecule has 1 spiro atoms. The van der Waals surface area contributed by atoms with Crippen LogP contribution in [-0.4, -0.2) is 63.8 Å². The number of ether oxygens (including phenoxy) is 1. The van der Waals surface area contributed by atoms with Crippen LogP contribution in [0, 0.1) is 0 Å². The summed E-state index contributed by atoms with van der Waals surface area (Å²) in [6, 6.07) is 11.8. The van der Waals surface area contributed by atoms with Gasteiger partial charge in [-0.15, -0.1) is 0 Å². The number of rotatable bonds is 5. The van der Waals surface area contributed by atoms with E-state index in [9.17, 15) is 0 Å². The first kappa shape index (κ1) is 20.7. The number of anilines is 4. The largest absolute Gasteiger partial charge is 0.495 e. The summed E-state index contributed by atoms with van der Waals surface area (Å²) in [5, 5.41) is 7.85. The van der Waals surface area contributed by atoms with Gasteiger partial charge in [-0.1, -0.05) is 6.07 Å². The predicted molar refractivity (Wildman–Crippen MR) is 134 cm³/mol. The van der Waals surface area contributed by atoms with Crippen molar-refractivity contribution in [1.82, 2.24) is 24.5 Å². The van der Waals surface area contributed by atoms with Gasteiger partial charge in [-0.2, -0.15) is 5.10 Å². The Bertz CT molecular complexity index is 1360. The lowest BCUT2D eigenvalue weighted by Crippen LogP contribution is -2.67. The number of aromatic nitrogens is 4. The minimum atomic E-state index is 0.270. The summed E-state index contributed by atoms with van der Waals surface area (Å²) in [6.45, 7) is 3.12. The Morgan fingerprint density at radius 3 is 2.85 bits per heavy atom. The van der Waals surface area contributed by atoms with Crippen molar-refractivity contribution in [2.75, 3.05) is 49.7 Å². The van der Waals surface area contributed by atoms with E-state index >= 15 is 0 Å². The average Bonchev–Trinajstić information content (AvgIpc) is 3.42. The van der Waals surface area contributed by atoms with Gasteiger partial charge in [-0.3, -0.25) is 4.90 Å². The van der Waals surface area contributed by atoms with Crippen LogP contribution in [0.5, 0.6) is 5.75 Å². The summed E-state index contributed by atoms with van der Waals surface area (Å²) < 4.78 is 7.37. The maximum Gasteiger partial charge on any atom is 0.227 e. The van der Waals surface area contributed by atoms with Gasteiger partial charge in [-0.25, -0.2) is 14.5 Å². The van der Waals surface area contributed by atoms with E-state index in [4.69, 9.17) is 15.5 Å². The maximum atomic E-state index is 6.28. The first-order valence-corrected chi connectivity index (χ1v) is 11.5. The molecule has 9 nitrogen and oxygen atoms in total. The fraction of sp³-hybridized carbons (Fsp3) is 0.320. The number of hydrogen-bond donors (Lipinski definition) is 2. The Balaban J connectivity index is 1.33. The van der Waals surface area contributed by atoms with Crippen LogP contribution >= 0.6 is 0 Å². The molecule has 0 unspecified atom stereocenters. The Hall–Kier alpha value is -3.85. The van der Waals surface area contributed by atoms with Gasteiger partial charge in [0.15, 0.2) is 0 Å². The molecule has 2 fully saturated rings. The molecule has 0 saturated carbocycles. The lowest BCUT2D eigenvalue weighted by Gasteiger charge is -2.53. The number of likely N-dealkylation sites (N-methyl/N-ethyl adjacent to an activating group) is 1. The lowest BCUT2D eigenvalue weighted by atomic mass is 9.86. The van der Waals surface area contributed by atoms with Crippen LogP contribution in [0.4, 0.5) is 23.0 Å². The van der Waals surface area contributed by atoms with Gasteiger partial charge < -0.3 is 20.7 Å². The van der Waals surface area contributed by atoms with E-state index in [0.29, 0.717) is 17.4 Å². The molecule has 0 aliphatic carbocycles. The van der Waals surface area contributed by atoms with Gasteiger partial charge in [0.25, 0.3) is 0 Å². The maximum absolute atomic E-state index is 6.28. The van der Waals surface area contributed by atoms with E-state index in [1.165, 1.54) is 12.8 Å². The van der Waals surface area contributed by atoms with Gasteiger partial charge in [0.05, 0.1) is 47.1 Å². The molecule has 2 aliphatic rings. The van der Waals surface area contributed by atoms with Crippen LogP contribution in [0.25, 0.3) is 16.8 Å². The summed E-state index contributed by atoms with van der Waals surface area (Å²) in [4.78, 5) is 14.1. The third-order valence-electron chi connectivity index (χ3n) is 7.21. The second-order valence-electron chi connectivity index (χ2n) is 9.20. The van der Waals surface area contributed by atoms with E-state index in [1.807, 2.05) is 53.3 Å². The van der Waals surface area contributed by atoms with Crippen LogP contribution < -0.4 is 20.7 Å². The van der Waals surface area contributed by atoms with E-state index in [-0.39, 0.29) is 5.54 Å². The molecule has 3 aromatic heterocycles. The number of hydrogen-bond acceptors (Lipinski definition) is 8. The standard InChI is InChI=1S/C25H28N8O/c1-31-10-5-8-25(31)15-32(16-25)22-13-23(34-2)18(26)12-20(22)30-24-27-9-7-19(29-24)17-14-28-33-11-4-3-6-21(17)33/h3-4,6-7,9,11-14H,5,8,10,15-16,26H2,1-2H3,(H,27,29,30). The van der Waals surface area contributed by atoms with Crippen molar-refractivity contribution in [3.05, 3.63) is 55.0 Å². The molecule has 5 heterocycles. The molecule has 1 aromatic carbocycles. The molecule has 3 N–H and O–H groups in total. The third-order valence-corrected chi connectivity index (χ3v) is 7.21. The van der Waals surface area contributed by atoms with Gasteiger partial charge in [0, 0.05) is 37.1 Å². The van der Waals surface area contributed by atoms with Crippen LogP contribution in [-0.2, 0) is 0 Å². The highest BCUT2D eigenvalue weighted by Crippen LogP contribution is 2.44. The SMILES string of the molecule is COc1cc(N2CC3(CCCN3C)C2)c(Nc2nccc(-c3cnn4ccccc34)n2)cc1N. The van der Waals surface area contributed by atoms with E-state index in [0.717, 1.165) is 47.8 Å². The second kappa shape index (κ2) is 7.88. The highest BCUT2D eigenvalue weighted by Gasteiger charge is 2.49. The van der Waals surface area contributed by atoms with Crippen molar-refractivity contribution < 1.29 is 4.74 Å². The number of nitrogens with one attached hydrogen (secondary N) is 1. The Morgan fingerprint density at radius 1 is 1.18 bits per heavy atom. The van der Waals surface area contributed by atoms with Crippen molar-refractivity contribution in [2.24, 2.45) is 0 Å². The van der Waals surface area contributed by atoms with Crippen molar-refractivity contribution in [2.45, 2.75) is 18.4 Å². The molecule has 9 heteroatoms. The molecule has 2 aliphatic heterocycles. The van der Waals surface area contributed by atoms with E-state index in [2.05, 4.69) is 32.2 Å². The fourth-order valence-electron chi connectivity index (χ4n) is 5.25. The van der Waals surface area contributed by atoms with Crippen molar-refractivity contribution in [1.29, 1.82) is 0 Å². The monoisotopic (exact) mass is 456 g/mol. The molecule has 0 atom stereocenters. The number of benzene rings is 1. The fourth-order valence-corrected chi connectivity index (χ4v) is 5.25. The zero-order chi connectivity index (χ0) is 23.3. The zero-order valence-electron chi connectivity index (χ0n) is 19.4. The first-order chi connectivity index (χ1) is 16.6. The number of nitrogens with two attached hydrogens (primary N) is 1. The molecule has 174 valence electrons. The van der Waals surface area contributed by atoms with Crippen LogP contribution in [0.1, 0.15) is 12.8 Å². The summed E-state index contributed by atoms with van der Waals surface area (Å²) in [5.74, 6) is 1.18. The number of nitrogens with zero attached hydrogens (tertiary/aromatic N) is 6. The summed E-state index contributed by atoms with van der Waals surface area (Å²) in [7, 11) is 3.88. The first-order valence-electron chi connectivity index (χ1n) is 11.5. The number of nitrogen functional groups attached to an aromatic ring is 1. The summed E-state index contributed by atoms with van der Waals surface area (Å²) in [6.07, 6.45) is 8.00. The Kier molecular flexibility index (Phi) is 4.80.